The molecule has 2 aromatic carbocycles. The molecule has 0 aliphatic carbocycles. The Morgan fingerprint density at radius 2 is 1.84 bits per heavy atom. The summed E-state index contributed by atoms with van der Waals surface area (Å²) in [5.41, 5.74) is 2.45. The van der Waals surface area contributed by atoms with Crippen molar-refractivity contribution in [3.05, 3.63) is 63.9 Å². The summed E-state index contributed by atoms with van der Waals surface area (Å²) < 4.78 is 2.45. The third-order valence-electron chi connectivity index (χ3n) is 3.21. The first kappa shape index (κ1) is 12.7. The molecule has 96 valence electrons. The predicted octanol–water partition coefficient (Wildman–Crippen LogP) is 5.84. The van der Waals surface area contributed by atoms with Gasteiger partial charge in [0, 0.05) is 20.9 Å². The lowest BCUT2D eigenvalue weighted by molar-refractivity contribution is 0.885. The molecular formula is C16H14BrNS. The fourth-order valence-corrected chi connectivity index (χ4v) is 3.18. The van der Waals surface area contributed by atoms with Crippen molar-refractivity contribution in [2.75, 3.05) is 5.32 Å². The molecule has 0 amide bonds. The van der Waals surface area contributed by atoms with Gasteiger partial charge in [0.05, 0.1) is 0 Å². The van der Waals surface area contributed by atoms with Gasteiger partial charge in [0.15, 0.2) is 0 Å². The number of anilines is 1. The molecule has 1 unspecified atom stereocenters. The van der Waals surface area contributed by atoms with Gasteiger partial charge in [0.1, 0.15) is 0 Å². The number of hydrogen-bond donors (Lipinski definition) is 1. The van der Waals surface area contributed by atoms with E-state index in [0.717, 1.165) is 4.47 Å². The van der Waals surface area contributed by atoms with E-state index in [4.69, 9.17) is 0 Å². The molecule has 0 bridgehead atoms. The second-order valence-electron chi connectivity index (χ2n) is 4.59. The normalized spacial score (nSPS) is 12.5. The first-order valence-corrected chi connectivity index (χ1v) is 7.89. The number of rotatable bonds is 3. The summed E-state index contributed by atoms with van der Waals surface area (Å²) in [5.74, 6) is 0. The van der Waals surface area contributed by atoms with E-state index in [1.165, 1.54) is 21.3 Å². The van der Waals surface area contributed by atoms with Crippen molar-refractivity contribution in [2.45, 2.75) is 13.0 Å². The highest BCUT2D eigenvalue weighted by Gasteiger charge is 2.05. The number of hydrogen-bond acceptors (Lipinski definition) is 2. The summed E-state index contributed by atoms with van der Waals surface area (Å²) in [7, 11) is 0. The fraction of sp³-hybridized carbons (Fsp3) is 0.125. The maximum Gasteiger partial charge on any atom is 0.0485 e. The maximum atomic E-state index is 3.55. The van der Waals surface area contributed by atoms with Crippen LogP contribution in [0.2, 0.25) is 0 Å². The standard InChI is InChI=1S/C16H14BrNS/c1-11(12-2-4-14(17)5-3-12)18-15-6-7-16-13(10-15)8-9-19-16/h2-11,18H,1H3. The van der Waals surface area contributed by atoms with Gasteiger partial charge in [-0.05, 0) is 59.7 Å². The first-order chi connectivity index (χ1) is 9.22. The minimum Gasteiger partial charge on any atom is -0.379 e. The largest absolute Gasteiger partial charge is 0.379 e. The van der Waals surface area contributed by atoms with Crippen molar-refractivity contribution < 1.29 is 0 Å². The van der Waals surface area contributed by atoms with Crippen LogP contribution in [0.1, 0.15) is 18.5 Å². The van der Waals surface area contributed by atoms with E-state index < -0.39 is 0 Å². The lowest BCUT2D eigenvalue weighted by atomic mass is 10.1. The molecule has 0 fully saturated rings. The van der Waals surface area contributed by atoms with Gasteiger partial charge < -0.3 is 5.32 Å². The highest BCUT2D eigenvalue weighted by molar-refractivity contribution is 9.10. The number of benzene rings is 2. The van der Waals surface area contributed by atoms with Crippen LogP contribution in [0.3, 0.4) is 0 Å². The van der Waals surface area contributed by atoms with Gasteiger partial charge in [-0.2, -0.15) is 0 Å². The van der Waals surface area contributed by atoms with Crippen molar-refractivity contribution in [2.24, 2.45) is 0 Å². The molecule has 19 heavy (non-hydrogen) atoms. The van der Waals surface area contributed by atoms with Gasteiger partial charge in [-0.15, -0.1) is 11.3 Å². The minimum atomic E-state index is 0.296. The minimum absolute atomic E-state index is 0.296. The molecule has 3 heteroatoms. The first-order valence-electron chi connectivity index (χ1n) is 6.21. The van der Waals surface area contributed by atoms with Crippen molar-refractivity contribution >= 4 is 43.0 Å². The van der Waals surface area contributed by atoms with Gasteiger partial charge in [-0.1, -0.05) is 28.1 Å². The van der Waals surface area contributed by atoms with Gasteiger partial charge in [0.2, 0.25) is 0 Å². The predicted molar refractivity (Wildman–Crippen MR) is 88.0 cm³/mol. The third kappa shape index (κ3) is 2.82. The molecule has 3 rings (SSSR count). The van der Waals surface area contributed by atoms with E-state index in [2.05, 4.69) is 82.1 Å². The summed E-state index contributed by atoms with van der Waals surface area (Å²) >= 11 is 5.24. The smallest absolute Gasteiger partial charge is 0.0485 e. The van der Waals surface area contributed by atoms with Crippen LogP contribution in [0.4, 0.5) is 5.69 Å². The van der Waals surface area contributed by atoms with E-state index in [1.54, 1.807) is 11.3 Å². The van der Waals surface area contributed by atoms with Crippen LogP contribution in [-0.4, -0.2) is 0 Å². The van der Waals surface area contributed by atoms with E-state index >= 15 is 0 Å². The average molecular weight is 332 g/mol. The number of thiophene rings is 1. The summed E-state index contributed by atoms with van der Waals surface area (Å²) in [6.45, 7) is 2.18. The molecule has 0 saturated carbocycles. The molecule has 1 aromatic heterocycles. The Balaban J connectivity index is 1.81. The van der Waals surface area contributed by atoms with Crippen molar-refractivity contribution in [3.63, 3.8) is 0 Å². The Labute approximate surface area is 125 Å². The molecule has 0 spiro atoms. The van der Waals surface area contributed by atoms with Crippen molar-refractivity contribution in [3.8, 4) is 0 Å². The summed E-state index contributed by atoms with van der Waals surface area (Å²) in [6.07, 6.45) is 0. The lowest BCUT2D eigenvalue weighted by Gasteiger charge is -2.16. The zero-order valence-electron chi connectivity index (χ0n) is 10.6. The average Bonchev–Trinajstić information content (AvgIpc) is 2.87. The maximum absolute atomic E-state index is 3.55. The number of halogens is 1. The second kappa shape index (κ2) is 5.35. The Morgan fingerprint density at radius 3 is 2.63 bits per heavy atom. The summed E-state index contributed by atoms with van der Waals surface area (Å²) in [4.78, 5) is 0. The Bertz CT molecular complexity index is 687. The van der Waals surface area contributed by atoms with Crippen LogP contribution < -0.4 is 5.32 Å². The van der Waals surface area contributed by atoms with E-state index in [9.17, 15) is 0 Å². The zero-order chi connectivity index (χ0) is 13.2. The summed E-state index contributed by atoms with van der Waals surface area (Å²) in [5, 5.41) is 6.98. The van der Waals surface area contributed by atoms with Crippen LogP contribution >= 0.6 is 27.3 Å². The van der Waals surface area contributed by atoms with Crippen LogP contribution in [0.5, 0.6) is 0 Å². The Hall–Kier alpha value is -1.32. The third-order valence-corrected chi connectivity index (χ3v) is 4.63. The fourth-order valence-electron chi connectivity index (χ4n) is 2.14. The van der Waals surface area contributed by atoms with Gasteiger partial charge in [0.25, 0.3) is 0 Å². The van der Waals surface area contributed by atoms with Crippen LogP contribution in [0, 0.1) is 0 Å². The monoisotopic (exact) mass is 331 g/mol. The Kier molecular flexibility index (Phi) is 3.58. The van der Waals surface area contributed by atoms with E-state index in [0.29, 0.717) is 6.04 Å². The number of nitrogens with one attached hydrogen (secondary N) is 1. The van der Waals surface area contributed by atoms with Crippen LogP contribution in [0.15, 0.2) is 58.4 Å². The molecule has 3 aromatic rings. The van der Waals surface area contributed by atoms with Crippen LogP contribution in [0.25, 0.3) is 10.1 Å². The molecule has 0 radical (unpaired) electrons. The van der Waals surface area contributed by atoms with Crippen molar-refractivity contribution in [1.82, 2.24) is 0 Å². The summed E-state index contributed by atoms with van der Waals surface area (Å²) in [6, 6.07) is 17.4. The lowest BCUT2D eigenvalue weighted by Crippen LogP contribution is -2.06. The molecule has 0 aliphatic heterocycles. The molecule has 1 nitrogen and oxygen atoms in total. The molecule has 0 saturated heterocycles. The zero-order valence-corrected chi connectivity index (χ0v) is 13.0. The molecule has 1 atom stereocenters. The molecule has 1 heterocycles. The van der Waals surface area contributed by atoms with Crippen molar-refractivity contribution in [1.29, 1.82) is 0 Å². The second-order valence-corrected chi connectivity index (χ2v) is 6.45. The molecule has 1 N–H and O–H groups in total. The SMILES string of the molecule is CC(Nc1ccc2sccc2c1)c1ccc(Br)cc1. The highest BCUT2D eigenvalue weighted by Crippen LogP contribution is 2.26. The topological polar surface area (TPSA) is 12.0 Å². The quantitative estimate of drug-likeness (QED) is 0.635. The molecular weight excluding hydrogens is 318 g/mol. The molecule has 0 aliphatic rings. The van der Waals surface area contributed by atoms with E-state index in [-0.39, 0.29) is 0 Å². The Morgan fingerprint density at radius 1 is 1.05 bits per heavy atom. The highest BCUT2D eigenvalue weighted by atomic mass is 79.9. The number of fused-ring (bicyclic) bond motifs is 1. The van der Waals surface area contributed by atoms with Gasteiger partial charge >= 0.3 is 0 Å². The van der Waals surface area contributed by atoms with Gasteiger partial charge in [-0.25, -0.2) is 0 Å². The van der Waals surface area contributed by atoms with E-state index in [1.807, 2.05) is 0 Å². The van der Waals surface area contributed by atoms with Gasteiger partial charge in [-0.3, -0.25) is 0 Å². The van der Waals surface area contributed by atoms with Crippen LogP contribution in [-0.2, 0) is 0 Å².